The Labute approximate surface area is 157 Å². The molecule has 0 saturated heterocycles. The first kappa shape index (κ1) is 18.2. The Kier molecular flexibility index (Phi) is 5.42. The summed E-state index contributed by atoms with van der Waals surface area (Å²) in [5.41, 5.74) is 1.64. The second kappa shape index (κ2) is 7.74. The van der Waals surface area contributed by atoms with Crippen molar-refractivity contribution in [1.29, 1.82) is 0 Å². The number of nitrogens with zero attached hydrogens (tertiary/aromatic N) is 1. The fourth-order valence-electron chi connectivity index (χ4n) is 2.93. The molecule has 6 nitrogen and oxygen atoms in total. The van der Waals surface area contributed by atoms with Gasteiger partial charge in [0.25, 0.3) is 5.91 Å². The Morgan fingerprint density at radius 3 is 2.54 bits per heavy atom. The zero-order valence-corrected chi connectivity index (χ0v) is 15.6. The SMILES string of the molecule is COc1ccc(OC)c(CN2Cc3cc(Cl)cc(OC)c3OCC2=O)c1. The molecule has 0 saturated carbocycles. The van der Waals surface area contributed by atoms with Crippen LogP contribution in [0.1, 0.15) is 11.1 Å². The summed E-state index contributed by atoms with van der Waals surface area (Å²) in [5.74, 6) is 2.31. The van der Waals surface area contributed by atoms with Crippen molar-refractivity contribution in [2.45, 2.75) is 13.1 Å². The van der Waals surface area contributed by atoms with Crippen LogP contribution in [0.2, 0.25) is 5.02 Å². The van der Waals surface area contributed by atoms with Crippen molar-refractivity contribution in [3.63, 3.8) is 0 Å². The molecule has 0 bridgehead atoms. The normalized spacial score (nSPS) is 13.5. The maximum absolute atomic E-state index is 12.6. The maximum Gasteiger partial charge on any atom is 0.261 e. The number of methoxy groups -OCH3 is 3. The second-order valence-electron chi connectivity index (χ2n) is 5.81. The fourth-order valence-corrected chi connectivity index (χ4v) is 3.16. The van der Waals surface area contributed by atoms with E-state index in [-0.39, 0.29) is 12.5 Å². The largest absolute Gasteiger partial charge is 0.497 e. The molecular formula is C19H20ClNO5. The highest BCUT2D eigenvalue weighted by molar-refractivity contribution is 6.30. The zero-order valence-electron chi connectivity index (χ0n) is 14.9. The maximum atomic E-state index is 12.6. The third-order valence-electron chi connectivity index (χ3n) is 4.22. The molecule has 138 valence electrons. The summed E-state index contributed by atoms with van der Waals surface area (Å²) in [5, 5.41) is 0.525. The minimum Gasteiger partial charge on any atom is -0.497 e. The van der Waals surface area contributed by atoms with Crippen LogP contribution in [-0.4, -0.2) is 38.7 Å². The van der Waals surface area contributed by atoms with Gasteiger partial charge in [-0.15, -0.1) is 0 Å². The summed E-state index contributed by atoms with van der Waals surface area (Å²) in [6.07, 6.45) is 0. The first-order valence-electron chi connectivity index (χ1n) is 8.03. The molecule has 0 aromatic heterocycles. The summed E-state index contributed by atoms with van der Waals surface area (Å²) in [6, 6.07) is 8.95. The summed E-state index contributed by atoms with van der Waals surface area (Å²) < 4.78 is 21.7. The Balaban J connectivity index is 1.94. The van der Waals surface area contributed by atoms with E-state index in [2.05, 4.69) is 0 Å². The van der Waals surface area contributed by atoms with Crippen LogP contribution in [0.25, 0.3) is 0 Å². The average Bonchev–Trinajstić information content (AvgIpc) is 2.80. The van der Waals surface area contributed by atoms with Crippen LogP contribution in [0.15, 0.2) is 30.3 Å². The molecule has 0 spiro atoms. The molecule has 1 heterocycles. The quantitative estimate of drug-likeness (QED) is 0.800. The van der Waals surface area contributed by atoms with Crippen molar-refractivity contribution in [1.82, 2.24) is 4.90 Å². The van der Waals surface area contributed by atoms with Gasteiger partial charge in [-0.1, -0.05) is 11.6 Å². The Hall–Kier alpha value is -2.60. The number of carbonyl (C=O) groups is 1. The highest BCUT2D eigenvalue weighted by Crippen LogP contribution is 2.37. The smallest absolute Gasteiger partial charge is 0.261 e. The lowest BCUT2D eigenvalue weighted by Gasteiger charge is -2.22. The van der Waals surface area contributed by atoms with Gasteiger partial charge in [0.2, 0.25) is 0 Å². The zero-order chi connectivity index (χ0) is 18.7. The molecule has 7 heteroatoms. The molecule has 0 aliphatic carbocycles. The second-order valence-corrected chi connectivity index (χ2v) is 6.25. The van der Waals surface area contributed by atoms with E-state index >= 15 is 0 Å². The van der Waals surface area contributed by atoms with Crippen LogP contribution in [0.3, 0.4) is 0 Å². The summed E-state index contributed by atoms with van der Waals surface area (Å²) in [7, 11) is 4.74. The number of ether oxygens (including phenoxy) is 4. The van der Waals surface area contributed by atoms with Crippen LogP contribution in [0.5, 0.6) is 23.0 Å². The summed E-state index contributed by atoms with van der Waals surface area (Å²) in [6.45, 7) is 0.638. The van der Waals surface area contributed by atoms with E-state index < -0.39 is 0 Å². The van der Waals surface area contributed by atoms with Crippen molar-refractivity contribution in [2.75, 3.05) is 27.9 Å². The molecule has 0 fully saturated rings. The molecule has 26 heavy (non-hydrogen) atoms. The summed E-state index contributed by atoms with van der Waals surface area (Å²) >= 11 is 6.17. The van der Waals surface area contributed by atoms with Gasteiger partial charge in [-0.05, 0) is 24.3 Å². The standard InChI is InChI=1S/C19H20ClNO5/c1-23-15-4-5-16(24-2)12(7-15)9-21-10-13-6-14(20)8-17(25-3)19(13)26-11-18(21)22/h4-8H,9-11H2,1-3H3. The molecule has 2 aromatic carbocycles. The van der Waals surface area contributed by atoms with Crippen molar-refractivity contribution >= 4 is 17.5 Å². The van der Waals surface area contributed by atoms with Gasteiger partial charge in [-0.25, -0.2) is 0 Å². The average molecular weight is 378 g/mol. The van der Waals surface area contributed by atoms with E-state index in [1.165, 1.54) is 0 Å². The number of fused-ring (bicyclic) bond motifs is 1. The predicted octanol–water partition coefficient (Wildman–Crippen LogP) is 3.29. The lowest BCUT2D eigenvalue weighted by atomic mass is 10.1. The Morgan fingerprint density at radius 2 is 1.85 bits per heavy atom. The van der Waals surface area contributed by atoms with Crippen molar-refractivity contribution < 1.29 is 23.7 Å². The lowest BCUT2D eigenvalue weighted by Crippen LogP contribution is -2.32. The van der Waals surface area contributed by atoms with E-state index in [1.54, 1.807) is 38.4 Å². The fraction of sp³-hybridized carbons (Fsp3) is 0.316. The van der Waals surface area contributed by atoms with E-state index in [9.17, 15) is 4.79 Å². The molecular weight excluding hydrogens is 358 g/mol. The Morgan fingerprint density at radius 1 is 1.08 bits per heavy atom. The van der Waals surface area contributed by atoms with E-state index in [0.29, 0.717) is 41.1 Å². The van der Waals surface area contributed by atoms with E-state index in [0.717, 1.165) is 11.1 Å². The Bertz CT molecular complexity index is 824. The predicted molar refractivity (Wildman–Crippen MR) is 97.3 cm³/mol. The third kappa shape index (κ3) is 3.65. The van der Waals surface area contributed by atoms with Gasteiger partial charge in [0.15, 0.2) is 18.1 Å². The van der Waals surface area contributed by atoms with Crippen LogP contribution >= 0.6 is 11.6 Å². The number of hydrogen-bond donors (Lipinski definition) is 0. The van der Waals surface area contributed by atoms with Gasteiger partial charge >= 0.3 is 0 Å². The van der Waals surface area contributed by atoms with Gasteiger partial charge in [-0.3, -0.25) is 4.79 Å². The van der Waals surface area contributed by atoms with Gasteiger partial charge in [0.05, 0.1) is 21.3 Å². The number of benzene rings is 2. The highest BCUT2D eigenvalue weighted by Gasteiger charge is 2.25. The molecule has 0 atom stereocenters. The number of halogens is 1. The monoisotopic (exact) mass is 377 g/mol. The minimum atomic E-state index is -0.135. The highest BCUT2D eigenvalue weighted by atomic mass is 35.5. The van der Waals surface area contributed by atoms with Crippen molar-refractivity contribution in [3.05, 3.63) is 46.5 Å². The lowest BCUT2D eigenvalue weighted by molar-refractivity contribution is -0.133. The summed E-state index contributed by atoms with van der Waals surface area (Å²) in [4.78, 5) is 14.3. The van der Waals surface area contributed by atoms with Gasteiger partial charge in [0.1, 0.15) is 11.5 Å². The number of carbonyl (C=O) groups excluding carboxylic acids is 1. The van der Waals surface area contributed by atoms with Gasteiger partial charge in [-0.2, -0.15) is 0 Å². The van der Waals surface area contributed by atoms with Crippen LogP contribution in [-0.2, 0) is 17.9 Å². The minimum absolute atomic E-state index is 0.0721. The van der Waals surface area contributed by atoms with E-state index in [4.69, 9.17) is 30.5 Å². The molecule has 3 rings (SSSR count). The molecule has 1 amide bonds. The first-order chi connectivity index (χ1) is 12.5. The molecule has 0 N–H and O–H groups in total. The molecule has 2 aromatic rings. The number of amides is 1. The third-order valence-corrected chi connectivity index (χ3v) is 4.44. The van der Waals surface area contributed by atoms with Crippen molar-refractivity contribution in [2.24, 2.45) is 0 Å². The van der Waals surface area contributed by atoms with Crippen LogP contribution in [0, 0.1) is 0 Å². The van der Waals surface area contributed by atoms with Crippen LogP contribution in [0.4, 0.5) is 0 Å². The van der Waals surface area contributed by atoms with Gasteiger partial charge < -0.3 is 23.8 Å². The molecule has 1 aliphatic heterocycles. The van der Waals surface area contributed by atoms with Crippen LogP contribution < -0.4 is 18.9 Å². The molecule has 0 radical (unpaired) electrons. The number of rotatable bonds is 5. The molecule has 0 unspecified atom stereocenters. The van der Waals surface area contributed by atoms with Gasteiger partial charge in [0, 0.05) is 35.3 Å². The van der Waals surface area contributed by atoms with E-state index in [1.807, 2.05) is 18.2 Å². The van der Waals surface area contributed by atoms with Crippen molar-refractivity contribution in [3.8, 4) is 23.0 Å². The topological polar surface area (TPSA) is 57.2 Å². The number of hydrogen-bond acceptors (Lipinski definition) is 5. The first-order valence-corrected chi connectivity index (χ1v) is 8.41. The molecule has 1 aliphatic rings.